The first-order valence-corrected chi connectivity index (χ1v) is 10.7. The van der Waals surface area contributed by atoms with Crippen molar-refractivity contribution in [2.24, 2.45) is 0 Å². The highest BCUT2D eigenvalue weighted by Crippen LogP contribution is 2.35. The molecular weight excluding hydrogens is 423 g/mol. The van der Waals surface area contributed by atoms with Crippen LogP contribution in [0.3, 0.4) is 0 Å². The second-order valence-corrected chi connectivity index (χ2v) is 8.11. The molecular formula is C25H25FN4O3. The number of aromatic amines is 1. The lowest BCUT2D eigenvalue weighted by molar-refractivity contribution is -0.120. The molecule has 170 valence electrons. The third-order valence-corrected chi connectivity index (χ3v) is 6.15. The summed E-state index contributed by atoms with van der Waals surface area (Å²) in [5.41, 5.74) is 2.56. The third-order valence-electron chi connectivity index (χ3n) is 6.15. The Morgan fingerprint density at radius 2 is 1.61 bits per heavy atom. The molecule has 0 unspecified atom stereocenters. The van der Waals surface area contributed by atoms with Crippen LogP contribution in [0.4, 0.5) is 10.1 Å². The smallest absolute Gasteiger partial charge is 0.282 e. The van der Waals surface area contributed by atoms with Gasteiger partial charge in [-0.25, -0.2) is 14.0 Å². The first kappa shape index (κ1) is 22.3. The van der Waals surface area contributed by atoms with Crippen LogP contribution in [0.2, 0.25) is 0 Å². The molecule has 0 aliphatic carbocycles. The molecule has 1 aromatic heterocycles. The predicted octanol–water partition coefficient (Wildman–Crippen LogP) is 3.47. The van der Waals surface area contributed by atoms with Gasteiger partial charge >= 0.3 is 0 Å². The fraction of sp³-hybridized carbons (Fsp3) is 0.240. The number of carbonyl (C=O) groups is 2. The van der Waals surface area contributed by atoms with Crippen LogP contribution < -0.4 is 10.5 Å². The van der Waals surface area contributed by atoms with Crippen LogP contribution >= 0.6 is 0 Å². The highest BCUT2D eigenvalue weighted by atomic mass is 19.1. The maximum absolute atomic E-state index is 14.5. The van der Waals surface area contributed by atoms with E-state index in [9.17, 15) is 18.8 Å². The van der Waals surface area contributed by atoms with Crippen LogP contribution in [-0.4, -0.2) is 40.1 Å². The van der Waals surface area contributed by atoms with E-state index in [1.807, 2.05) is 39.0 Å². The van der Waals surface area contributed by atoms with Gasteiger partial charge in [-0.05, 0) is 57.0 Å². The molecule has 33 heavy (non-hydrogen) atoms. The number of aromatic nitrogens is 2. The Morgan fingerprint density at radius 3 is 2.27 bits per heavy atom. The molecule has 0 atom stereocenters. The Hall–Kier alpha value is -3.94. The number of benzene rings is 2. The van der Waals surface area contributed by atoms with Crippen LogP contribution in [-0.2, 0) is 9.59 Å². The van der Waals surface area contributed by atoms with Gasteiger partial charge in [0.05, 0.1) is 22.5 Å². The minimum absolute atomic E-state index is 0.0320. The van der Waals surface area contributed by atoms with Gasteiger partial charge in [0.25, 0.3) is 17.4 Å². The number of rotatable bonds is 5. The summed E-state index contributed by atoms with van der Waals surface area (Å²) in [5.74, 6) is -2.09. The summed E-state index contributed by atoms with van der Waals surface area (Å²) >= 11 is 0. The van der Waals surface area contributed by atoms with E-state index >= 15 is 0 Å². The van der Waals surface area contributed by atoms with Crippen molar-refractivity contribution in [3.8, 4) is 5.69 Å². The van der Waals surface area contributed by atoms with Crippen molar-refractivity contribution in [2.75, 3.05) is 18.5 Å². The monoisotopic (exact) mass is 448 g/mol. The van der Waals surface area contributed by atoms with Crippen molar-refractivity contribution in [3.05, 3.63) is 86.7 Å². The number of H-pyrrole nitrogens is 1. The van der Waals surface area contributed by atoms with E-state index in [-0.39, 0.29) is 22.5 Å². The summed E-state index contributed by atoms with van der Waals surface area (Å²) < 4.78 is 15.9. The van der Waals surface area contributed by atoms with Crippen LogP contribution in [0.5, 0.6) is 0 Å². The molecule has 4 rings (SSSR count). The number of nitrogens with zero attached hydrogens (tertiary/aromatic N) is 3. The van der Waals surface area contributed by atoms with Crippen molar-refractivity contribution in [3.63, 3.8) is 0 Å². The van der Waals surface area contributed by atoms with Gasteiger partial charge in [0.2, 0.25) is 0 Å². The highest BCUT2D eigenvalue weighted by Gasteiger charge is 2.44. The van der Waals surface area contributed by atoms with Gasteiger partial charge in [-0.1, -0.05) is 24.3 Å². The maximum atomic E-state index is 14.5. The van der Waals surface area contributed by atoms with E-state index in [1.165, 1.54) is 22.9 Å². The van der Waals surface area contributed by atoms with E-state index in [1.54, 1.807) is 24.9 Å². The first-order valence-electron chi connectivity index (χ1n) is 10.7. The summed E-state index contributed by atoms with van der Waals surface area (Å²) in [5, 5.41) is 3.05. The quantitative estimate of drug-likeness (QED) is 0.607. The molecule has 2 aromatic carbocycles. The average molecular weight is 448 g/mol. The molecule has 0 bridgehead atoms. The topological polar surface area (TPSA) is 78.4 Å². The van der Waals surface area contributed by atoms with Crippen molar-refractivity contribution < 1.29 is 14.0 Å². The summed E-state index contributed by atoms with van der Waals surface area (Å²) in [7, 11) is 1.66. The van der Waals surface area contributed by atoms with E-state index in [0.717, 1.165) is 16.0 Å². The van der Waals surface area contributed by atoms with Crippen molar-refractivity contribution in [1.29, 1.82) is 0 Å². The number of aryl methyl sites for hydroxylation is 2. The number of hydrogen-bond donors (Lipinski definition) is 1. The van der Waals surface area contributed by atoms with Crippen molar-refractivity contribution in [1.82, 2.24) is 14.7 Å². The maximum Gasteiger partial charge on any atom is 0.282 e. The van der Waals surface area contributed by atoms with Crippen LogP contribution in [0.15, 0.2) is 53.0 Å². The molecule has 1 aliphatic rings. The summed E-state index contributed by atoms with van der Waals surface area (Å²) in [6.07, 6.45) is 0. The van der Waals surface area contributed by atoms with Gasteiger partial charge in [-0.3, -0.25) is 19.5 Å². The van der Waals surface area contributed by atoms with E-state index in [0.29, 0.717) is 17.9 Å². The number of para-hydroxylation sites is 1. The lowest BCUT2D eigenvalue weighted by atomic mass is 10.0. The van der Waals surface area contributed by atoms with Gasteiger partial charge in [0.15, 0.2) is 0 Å². The highest BCUT2D eigenvalue weighted by molar-refractivity contribution is 6.45. The average Bonchev–Trinajstić information content (AvgIpc) is 3.21. The van der Waals surface area contributed by atoms with Gasteiger partial charge < -0.3 is 4.90 Å². The molecule has 3 aromatic rings. The Balaban J connectivity index is 1.96. The molecule has 2 amide bonds. The summed E-state index contributed by atoms with van der Waals surface area (Å²) in [6.45, 7) is 7.78. The second kappa shape index (κ2) is 8.20. The molecule has 1 aliphatic heterocycles. The fourth-order valence-corrected chi connectivity index (χ4v) is 4.10. The molecule has 2 heterocycles. The largest absolute Gasteiger partial charge is 0.370 e. The number of hydrogen-bond acceptors (Lipinski definition) is 4. The normalized spacial score (nSPS) is 13.9. The molecule has 1 N–H and O–H groups in total. The SMILES string of the molecule is CCN(C)C1=C(c2c(C)[nH]n(-c3cccc(C)c3C)c2=O)C(=O)N(c2ccccc2F)C1=O. The molecule has 0 fully saturated rings. The summed E-state index contributed by atoms with van der Waals surface area (Å²) in [4.78, 5) is 42.9. The summed E-state index contributed by atoms with van der Waals surface area (Å²) in [6, 6.07) is 11.2. The molecule has 8 heteroatoms. The van der Waals surface area contributed by atoms with Crippen LogP contribution in [0, 0.1) is 26.6 Å². The number of likely N-dealkylation sites (N-methyl/N-ethyl adjacent to an activating group) is 1. The first-order chi connectivity index (χ1) is 15.7. The third kappa shape index (κ3) is 3.38. The van der Waals surface area contributed by atoms with Crippen molar-refractivity contribution >= 4 is 23.1 Å². The lowest BCUT2D eigenvalue weighted by Crippen LogP contribution is -2.34. The fourth-order valence-electron chi connectivity index (χ4n) is 4.10. The zero-order valence-corrected chi connectivity index (χ0v) is 19.2. The Bertz CT molecular complexity index is 1380. The zero-order valence-electron chi connectivity index (χ0n) is 19.2. The van der Waals surface area contributed by atoms with Crippen LogP contribution in [0.1, 0.15) is 29.3 Å². The molecule has 7 nitrogen and oxygen atoms in total. The minimum atomic E-state index is -0.729. The molecule has 0 spiro atoms. The molecule has 0 saturated carbocycles. The second-order valence-electron chi connectivity index (χ2n) is 8.11. The van der Waals surface area contributed by atoms with Gasteiger partial charge in [0, 0.05) is 19.3 Å². The number of anilines is 1. The zero-order chi connectivity index (χ0) is 24.0. The van der Waals surface area contributed by atoms with E-state index in [4.69, 9.17) is 0 Å². The van der Waals surface area contributed by atoms with Crippen LogP contribution in [0.25, 0.3) is 11.3 Å². The Kier molecular flexibility index (Phi) is 5.53. The molecule has 0 radical (unpaired) electrons. The van der Waals surface area contributed by atoms with Gasteiger partial charge in [-0.2, -0.15) is 0 Å². The molecule has 0 saturated heterocycles. The Labute approximate surface area is 190 Å². The van der Waals surface area contributed by atoms with Gasteiger partial charge in [-0.15, -0.1) is 0 Å². The van der Waals surface area contributed by atoms with Gasteiger partial charge in [0.1, 0.15) is 11.5 Å². The Morgan fingerprint density at radius 1 is 0.939 bits per heavy atom. The number of imide groups is 1. The lowest BCUT2D eigenvalue weighted by Gasteiger charge is -2.19. The predicted molar refractivity (Wildman–Crippen MR) is 125 cm³/mol. The van der Waals surface area contributed by atoms with Crippen molar-refractivity contribution in [2.45, 2.75) is 27.7 Å². The number of amides is 2. The number of carbonyl (C=O) groups excluding carboxylic acids is 2. The standard InChI is InChI=1S/C25H25FN4O3/c1-6-28(5)22-21(23(31)29(25(22)33)19-12-8-7-11-17(19)26)20-16(4)27-30(24(20)32)18-13-9-10-14(2)15(18)3/h7-13,27H,6H2,1-5H3. The minimum Gasteiger partial charge on any atom is -0.370 e. The number of halogens is 1. The van der Waals surface area contributed by atoms with E-state index < -0.39 is 23.2 Å². The van der Waals surface area contributed by atoms with E-state index in [2.05, 4.69) is 5.10 Å². The number of nitrogens with one attached hydrogen (secondary N) is 1.